The van der Waals surface area contributed by atoms with E-state index in [2.05, 4.69) is 32.5 Å². The van der Waals surface area contributed by atoms with Gasteiger partial charge in [-0.2, -0.15) is 0 Å². The number of imidazole rings is 1. The van der Waals surface area contributed by atoms with Gasteiger partial charge in [-0.3, -0.25) is 9.20 Å². The highest BCUT2D eigenvalue weighted by Gasteiger charge is 2.28. The van der Waals surface area contributed by atoms with Crippen molar-refractivity contribution in [2.24, 2.45) is 0 Å². The average molecular weight is 529 g/mol. The van der Waals surface area contributed by atoms with Crippen LogP contribution in [-0.2, 0) is 4.79 Å². The van der Waals surface area contributed by atoms with E-state index in [0.717, 1.165) is 70.4 Å². The minimum absolute atomic E-state index is 0.0410. The summed E-state index contributed by atoms with van der Waals surface area (Å²) in [5, 5.41) is 1.29. The fourth-order valence-electron chi connectivity index (χ4n) is 4.49. The molecule has 4 nitrogen and oxygen atoms in total. The predicted molar refractivity (Wildman–Crippen MR) is 133 cm³/mol. The molecule has 2 aromatic heterocycles. The Balaban J connectivity index is 1.80. The molecule has 1 amide bonds. The average Bonchev–Trinajstić information content (AvgIpc) is 3.18. The van der Waals surface area contributed by atoms with Crippen LogP contribution in [0.5, 0.6) is 0 Å². The number of rotatable bonds is 4. The van der Waals surface area contributed by atoms with Crippen molar-refractivity contribution in [1.29, 1.82) is 0 Å². The maximum Gasteiger partial charge on any atom is 0.210 e. The van der Waals surface area contributed by atoms with Gasteiger partial charge in [0.2, 0.25) is 6.41 Å². The molecule has 7 heteroatoms. The molecule has 3 heterocycles. The van der Waals surface area contributed by atoms with Crippen molar-refractivity contribution >= 4 is 51.2 Å². The number of carbonyl (C=O) groups is 1. The summed E-state index contributed by atoms with van der Waals surface area (Å²) < 4.78 is 3.06. The topological polar surface area (TPSA) is 37.6 Å². The zero-order chi connectivity index (χ0) is 22.2. The number of fused-ring (bicyclic) bond motifs is 1. The van der Waals surface area contributed by atoms with E-state index in [0.29, 0.717) is 10.0 Å². The summed E-state index contributed by atoms with van der Waals surface area (Å²) >= 11 is 16.3. The second-order valence-electron chi connectivity index (χ2n) is 7.98. The van der Waals surface area contributed by atoms with Crippen molar-refractivity contribution < 1.29 is 4.79 Å². The van der Waals surface area contributed by atoms with Gasteiger partial charge in [-0.05, 0) is 49.6 Å². The molecule has 32 heavy (non-hydrogen) atoms. The summed E-state index contributed by atoms with van der Waals surface area (Å²) in [6.45, 7) is 0.747. The number of pyridine rings is 1. The quantitative estimate of drug-likeness (QED) is 0.258. The van der Waals surface area contributed by atoms with Gasteiger partial charge in [0.05, 0.1) is 22.5 Å². The molecule has 0 saturated carbocycles. The van der Waals surface area contributed by atoms with Crippen molar-refractivity contribution in [3.05, 3.63) is 80.9 Å². The van der Waals surface area contributed by atoms with E-state index in [9.17, 15) is 4.79 Å². The van der Waals surface area contributed by atoms with Crippen LogP contribution in [0, 0.1) is 0 Å². The second-order valence-corrected chi connectivity index (χ2v) is 9.77. The zero-order valence-electron chi connectivity index (χ0n) is 17.1. The summed E-state index contributed by atoms with van der Waals surface area (Å²) in [4.78, 5) is 18.8. The van der Waals surface area contributed by atoms with Crippen LogP contribution in [0.1, 0.15) is 30.9 Å². The third kappa shape index (κ3) is 3.94. The molecule has 0 N–H and O–H groups in total. The van der Waals surface area contributed by atoms with Crippen LogP contribution >= 0.6 is 39.1 Å². The van der Waals surface area contributed by atoms with Crippen LogP contribution in [-0.4, -0.2) is 27.2 Å². The number of carbonyl (C=O) groups excluding carboxylic acids is 1. The Hall–Kier alpha value is -2.34. The SMILES string of the molecule is O=CN1CCCCC1c1cc(Cl)cn2c(-c3ccc(Br)cc3)c(-c3ccc(Cl)cc3)nc12. The molecule has 1 fully saturated rings. The molecule has 1 atom stereocenters. The third-order valence-corrected chi connectivity index (χ3v) is 6.98. The fourth-order valence-corrected chi connectivity index (χ4v) is 5.09. The van der Waals surface area contributed by atoms with Gasteiger partial charge >= 0.3 is 0 Å². The molecule has 0 aliphatic carbocycles. The lowest BCUT2D eigenvalue weighted by atomic mass is 9.96. The largest absolute Gasteiger partial charge is 0.338 e. The van der Waals surface area contributed by atoms with E-state index in [1.807, 2.05) is 53.6 Å². The minimum atomic E-state index is -0.0410. The molecular weight excluding hydrogens is 509 g/mol. The predicted octanol–water partition coefficient (Wildman–Crippen LogP) is 7.42. The molecule has 1 unspecified atom stereocenters. The lowest BCUT2D eigenvalue weighted by molar-refractivity contribution is -0.121. The highest BCUT2D eigenvalue weighted by atomic mass is 79.9. The number of halogens is 3. The van der Waals surface area contributed by atoms with Crippen molar-refractivity contribution in [1.82, 2.24) is 14.3 Å². The van der Waals surface area contributed by atoms with Crippen LogP contribution < -0.4 is 0 Å². The molecule has 0 radical (unpaired) electrons. The number of nitrogens with zero attached hydrogens (tertiary/aromatic N) is 3. The maximum absolute atomic E-state index is 11.8. The summed E-state index contributed by atoms with van der Waals surface area (Å²) in [5.74, 6) is 0. The van der Waals surface area contributed by atoms with Crippen LogP contribution in [0.15, 0.2) is 65.3 Å². The van der Waals surface area contributed by atoms with Gasteiger partial charge in [-0.1, -0.05) is 63.4 Å². The van der Waals surface area contributed by atoms with E-state index in [1.165, 1.54) is 0 Å². The smallest absolute Gasteiger partial charge is 0.210 e. The summed E-state index contributed by atoms with van der Waals surface area (Å²) in [6, 6.07) is 17.8. The van der Waals surface area contributed by atoms with E-state index in [1.54, 1.807) is 0 Å². The van der Waals surface area contributed by atoms with E-state index in [4.69, 9.17) is 28.2 Å². The minimum Gasteiger partial charge on any atom is -0.338 e. The van der Waals surface area contributed by atoms with Crippen molar-refractivity contribution in [3.63, 3.8) is 0 Å². The number of aromatic nitrogens is 2. The highest BCUT2D eigenvalue weighted by Crippen LogP contribution is 2.39. The van der Waals surface area contributed by atoms with Crippen LogP contribution in [0.3, 0.4) is 0 Å². The molecule has 5 rings (SSSR count). The van der Waals surface area contributed by atoms with Crippen molar-refractivity contribution in [2.75, 3.05) is 6.54 Å². The molecule has 1 aliphatic rings. The van der Waals surface area contributed by atoms with Gasteiger partial charge in [-0.25, -0.2) is 4.98 Å². The zero-order valence-corrected chi connectivity index (χ0v) is 20.2. The Morgan fingerprint density at radius 2 is 1.69 bits per heavy atom. The molecule has 1 saturated heterocycles. The lowest BCUT2D eigenvalue weighted by Crippen LogP contribution is -2.32. The molecule has 0 bridgehead atoms. The molecule has 4 aromatic rings. The lowest BCUT2D eigenvalue weighted by Gasteiger charge is -2.33. The van der Waals surface area contributed by atoms with Crippen LogP contribution in [0.2, 0.25) is 10.0 Å². The number of piperidine rings is 1. The van der Waals surface area contributed by atoms with E-state index >= 15 is 0 Å². The molecule has 0 spiro atoms. The first-order valence-corrected chi connectivity index (χ1v) is 12.0. The number of hydrogen-bond acceptors (Lipinski definition) is 2. The van der Waals surface area contributed by atoms with Crippen LogP contribution in [0.25, 0.3) is 28.2 Å². The number of benzene rings is 2. The Labute approximate surface area is 204 Å². The Bertz CT molecular complexity index is 1290. The van der Waals surface area contributed by atoms with E-state index < -0.39 is 0 Å². The molecule has 2 aromatic carbocycles. The molecule has 162 valence electrons. The first-order valence-electron chi connectivity index (χ1n) is 10.5. The number of likely N-dealkylation sites (tertiary alicyclic amines) is 1. The first-order chi connectivity index (χ1) is 15.5. The number of hydrogen-bond donors (Lipinski definition) is 0. The summed E-state index contributed by atoms with van der Waals surface area (Å²) in [6.07, 6.45) is 5.82. The second kappa shape index (κ2) is 8.89. The van der Waals surface area contributed by atoms with Gasteiger partial charge in [0.25, 0.3) is 0 Å². The summed E-state index contributed by atoms with van der Waals surface area (Å²) in [7, 11) is 0. The van der Waals surface area contributed by atoms with Crippen molar-refractivity contribution in [3.8, 4) is 22.5 Å². The van der Waals surface area contributed by atoms with Crippen molar-refractivity contribution in [2.45, 2.75) is 25.3 Å². The Morgan fingerprint density at radius 1 is 0.969 bits per heavy atom. The van der Waals surface area contributed by atoms with Gasteiger partial charge in [0.1, 0.15) is 5.65 Å². The molecule has 1 aliphatic heterocycles. The van der Waals surface area contributed by atoms with Gasteiger partial charge in [-0.15, -0.1) is 0 Å². The van der Waals surface area contributed by atoms with Gasteiger partial charge in [0, 0.05) is 38.9 Å². The van der Waals surface area contributed by atoms with Gasteiger partial charge < -0.3 is 4.90 Å². The summed E-state index contributed by atoms with van der Waals surface area (Å²) in [5.41, 5.74) is 5.58. The number of amides is 1. The monoisotopic (exact) mass is 527 g/mol. The van der Waals surface area contributed by atoms with Crippen LogP contribution in [0.4, 0.5) is 0 Å². The first kappa shape index (κ1) is 21.5. The standard InChI is InChI=1S/C25H20BrCl2N3O/c26-18-8-4-17(5-9-18)24-23(16-6-10-19(27)11-7-16)29-25-21(13-20(28)14-31(24)25)22-3-1-2-12-30(22)15-32/h4-11,13-15,22H,1-3,12H2. The Kier molecular flexibility index (Phi) is 5.97. The van der Waals surface area contributed by atoms with E-state index in [-0.39, 0.29) is 6.04 Å². The Morgan fingerprint density at radius 3 is 2.41 bits per heavy atom. The highest BCUT2D eigenvalue weighted by molar-refractivity contribution is 9.10. The fraction of sp³-hybridized carbons (Fsp3) is 0.200. The maximum atomic E-state index is 11.8. The third-order valence-electron chi connectivity index (χ3n) is 5.99. The molecular formula is C25H20BrCl2N3O. The van der Waals surface area contributed by atoms with Gasteiger partial charge in [0.15, 0.2) is 0 Å². The normalized spacial score (nSPS) is 16.5.